The van der Waals surface area contributed by atoms with E-state index >= 15 is 0 Å². The van der Waals surface area contributed by atoms with Crippen molar-refractivity contribution in [1.82, 2.24) is 9.97 Å². The monoisotopic (exact) mass is 331 g/mol. The lowest BCUT2D eigenvalue weighted by molar-refractivity contribution is -0.136. The maximum absolute atomic E-state index is 12.1. The molecular weight excluding hydrogens is 314 g/mol. The van der Waals surface area contributed by atoms with E-state index < -0.39 is 5.97 Å². The van der Waals surface area contributed by atoms with E-state index in [1.54, 1.807) is 30.9 Å². The number of anilines is 1. The van der Waals surface area contributed by atoms with Gasteiger partial charge >= 0.3 is 5.97 Å². The van der Waals surface area contributed by atoms with E-state index in [9.17, 15) is 9.59 Å². The zero-order valence-electron chi connectivity index (χ0n) is 12.7. The fourth-order valence-electron chi connectivity index (χ4n) is 1.79. The quantitative estimate of drug-likeness (QED) is 0.758. The number of amides is 1. The van der Waals surface area contributed by atoms with Crippen molar-refractivity contribution in [2.45, 2.75) is 19.1 Å². The average Bonchev–Trinajstić information content (AvgIpc) is 2.52. The Kier molecular flexibility index (Phi) is 6.10. The number of rotatable bonds is 7. The van der Waals surface area contributed by atoms with Gasteiger partial charge in [0.2, 0.25) is 0 Å². The van der Waals surface area contributed by atoms with Crippen molar-refractivity contribution in [3.8, 4) is 0 Å². The molecular formula is C16H17N3O3S. The molecule has 120 valence electrons. The Morgan fingerprint density at radius 2 is 2.09 bits per heavy atom. The number of carbonyl (C=O) groups is 2. The van der Waals surface area contributed by atoms with Crippen molar-refractivity contribution in [2.75, 3.05) is 11.1 Å². The summed E-state index contributed by atoms with van der Waals surface area (Å²) in [6.07, 6.45) is 3.13. The van der Waals surface area contributed by atoms with Gasteiger partial charge in [0.15, 0.2) is 0 Å². The zero-order valence-corrected chi connectivity index (χ0v) is 13.5. The van der Waals surface area contributed by atoms with E-state index in [1.165, 1.54) is 6.20 Å². The van der Waals surface area contributed by atoms with Gasteiger partial charge in [-0.25, -0.2) is 4.98 Å². The fraction of sp³-hybridized carbons (Fsp3) is 0.250. The number of carboxylic acid groups (broad SMARTS) is 1. The molecule has 0 saturated heterocycles. The van der Waals surface area contributed by atoms with E-state index in [1.807, 2.05) is 18.2 Å². The first-order chi connectivity index (χ1) is 11.0. The van der Waals surface area contributed by atoms with Gasteiger partial charge in [0, 0.05) is 23.4 Å². The van der Waals surface area contributed by atoms with Crippen molar-refractivity contribution in [1.29, 1.82) is 0 Å². The molecule has 0 radical (unpaired) electrons. The molecule has 1 aromatic heterocycles. The number of hydrogen-bond donors (Lipinski definition) is 2. The molecule has 0 unspecified atom stereocenters. The van der Waals surface area contributed by atoms with Crippen LogP contribution in [0.1, 0.15) is 28.2 Å². The third-order valence-corrected chi connectivity index (χ3v) is 3.96. The second-order valence-electron chi connectivity index (χ2n) is 4.89. The fourth-order valence-corrected chi connectivity index (χ4v) is 2.67. The number of benzene rings is 1. The molecule has 2 rings (SSSR count). The number of thioether (sulfide) groups is 1. The maximum Gasteiger partial charge on any atom is 0.304 e. The SMILES string of the molecule is Cc1cnc(C(=O)Nc2cccc(CSCCC(=O)O)c2)cn1. The van der Waals surface area contributed by atoms with Crippen LogP contribution in [0.3, 0.4) is 0 Å². The summed E-state index contributed by atoms with van der Waals surface area (Å²) in [6, 6.07) is 7.46. The molecule has 2 N–H and O–H groups in total. The molecule has 6 nitrogen and oxygen atoms in total. The Labute approximate surface area is 138 Å². The molecule has 2 aromatic rings. The largest absolute Gasteiger partial charge is 0.481 e. The summed E-state index contributed by atoms with van der Waals surface area (Å²) in [5.41, 5.74) is 2.71. The van der Waals surface area contributed by atoms with Gasteiger partial charge in [-0.15, -0.1) is 0 Å². The summed E-state index contributed by atoms with van der Waals surface area (Å²) in [5.74, 6) is 0.151. The van der Waals surface area contributed by atoms with Gasteiger partial charge in [-0.1, -0.05) is 12.1 Å². The van der Waals surface area contributed by atoms with E-state index in [4.69, 9.17) is 5.11 Å². The molecule has 0 bridgehead atoms. The van der Waals surface area contributed by atoms with E-state index in [0.717, 1.165) is 11.3 Å². The van der Waals surface area contributed by atoms with Crippen molar-refractivity contribution >= 4 is 29.3 Å². The van der Waals surface area contributed by atoms with Crippen LogP contribution in [0.4, 0.5) is 5.69 Å². The minimum Gasteiger partial charge on any atom is -0.481 e. The van der Waals surface area contributed by atoms with Crippen LogP contribution in [0.15, 0.2) is 36.7 Å². The van der Waals surface area contributed by atoms with Crippen molar-refractivity contribution in [3.05, 3.63) is 53.6 Å². The lowest BCUT2D eigenvalue weighted by atomic mass is 10.2. The van der Waals surface area contributed by atoms with Gasteiger partial charge < -0.3 is 10.4 Å². The molecule has 7 heteroatoms. The second-order valence-corrected chi connectivity index (χ2v) is 6.00. The predicted molar refractivity (Wildman–Crippen MR) is 89.6 cm³/mol. The Bertz CT molecular complexity index is 689. The summed E-state index contributed by atoms with van der Waals surface area (Å²) >= 11 is 1.54. The van der Waals surface area contributed by atoms with Crippen LogP contribution in [-0.4, -0.2) is 32.7 Å². The highest BCUT2D eigenvalue weighted by molar-refractivity contribution is 7.98. The predicted octanol–water partition coefficient (Wildman–Crippen LogP) is 2.75. The molecule has 1 heterocycles. The number of carboxylic acids is 1. The van der Waals surface area contributed by atoms with Crippen LogP contribution in [-0.2, 0) is 10.5 Å². The molecule has 0 atom stereocenters. The standard InChI is InChI=1S/C16H17N3O3S/c1-11-8-18-14(9-17-11)16(22)19-13-4-2-3-12(7-13)10-23-6-5-15(20)21/h2-4,7-9H,5-6,10H2,1H3,(H,19,22)(H,20,21). The molecule has 0 aliphatic rings. The van der Waals surface area contributed by atoms with Crippen LogP contribution in [0.25, 0.3) is 0 Å². The van der Waals surface area contributed by atoms with Gasteiger partial charge in [-0.3, -0.25) is 14.6 Å². The lowest BCUT2D eigenvalue weighted by Gasteiger charge is -2.07. The van der Waals surface area contributed by atoms with Gasteiger partial charge in [0.05, 0.1) is 18.3 Å². The Morgan fingerprint density at radius 1 is 1.26 bits per heavy atom. The highest BCUT2D eigenvalue weighted by atomic mass is 32.2. The van der Waals surface area contributed by atoms with Gasteiger partial charge in [-0.2, -0.15) is 11.8 Å². The topological polar surface area (TPSA) is 92.2 Å². The zero-order chi connectivity index (χ0) is 16.7. The van der Waals surface area contributed by atoms with E-state index in [0.29, 0.717) is 17.2 Å². The number of carbonyl (C=O) groups excluding carboxylic acids is 1. The molecule has 1 aromatic carbocycles. The Balaban J connectivity index is 1.92. The number of nitrogens with one attached hydrogen (secondary N) is 1. The van der Waals surface area contributed by atoms with Crippen LogP contribution in [0.2, 0.25) is 0 Å². The summed E-state index contributed by atoms with van der Waals surface area (Å²) in [5, 5.41) is 11.4. The number of aromatic nitrogens is 2. The summed E-state index contributed by atoms with van der Waals surface area (Å²) in [4.78, 5) is 30.6. The van der Waals surface area contributed by atoms with E-state index in [2.05, 4.69) is 15.3 Å². The number of aryl methyl sites for hydroxylation is 1. The highest BCUT2D eigenvalue weighted by Crippen LogP contribution is 2.17. The van der Waals surface area contributed by atoms with E-state index in [-0.39, 0.29) is 18.0 Å². The molecule has 23 heavy (non-hydrogen) atoms. The van der Waals surface area contributed by atoms with Gasteiger partial charge in [0.1, 0.15) is 5.69 Å². The van der Waals surface area contributed by atoms with Crippen LogP contribution >= 0.6 is 11.8 Å². The Morgan fingerprint density at radius 3 is 2.78 bits per heavy atom. The molecule has 1 amide bonds. The minimum absolute atomic E-state index is 0.146. The van der Waals surface area contributed by atoms with Crippen molar-refractivity contribution in [3.63, 3.8) is 0 Å². The maximum atomic E-state index is 12.1. The Hall–Kier alpha value is -2.41. The number of nitrogens with zero attached hydrogens (tertiary/aromatic N) is 2. The normalized spacial score (nSPS) is 10.3. The first-order valence-electron chi connectivity index (χ1n) is 7.03. The third kappa shape index (κ3) is 5.71. The molecule has 0 fully saturated rings. The van der Waals surface area contributed by atoms with Crippen molar-refractivity contribution in [2.24, 2.45) is 0 Å². The number of aliphatic carboxylic acids is 1. The molecule has 0 aliphatic carbocycles. The molecule has 0 saturated carbocycles. The first-order valence-corrected chi connectivity index (χ1v) is 8.18. The third-order valence-electron chi connectivity index (χ3n) is 2.93. The molecule has 0 spiro atoms. The summed E-state index contributed by atoms with van der Waals surface area (Å²) in [7, 11) is 0. The van der Waals surface area contributed by atoms with Crippen LogP contribution in [0.5, 0.6) is 0 Å². The van der Waals surface area contributed by atoms with Gasteiger partial charge in [-0.05, 0) is 24.6 Å². The smallest absolute Gasteiger partial charge is 0.304 e. The lowest BCUT2D eigenvalue weighted by Crippen LogP contribution is -2.14. The van der Waals surface area contributed by atoms with Crippen LogP contribution in [0, 0.1) is 6.92 Å². The van der Waals surface area contributed by atoms with Crippen LogP contribution < -0.4 is 5.32 Å². The first kappa shape index (κ1) is 17.0. The van der Waals surface area contributed by atoms with Crippen molar-refractivity contribution < 1.29 is 14.7 Å². The van der Waals surface area contributed by atoms with Gasteiger partial charge in [0.25, 0.3) is 5.91 Å². The minimum atomic E-state index is -0.794. The summed E-state index contributed by atoms with van der Waals surface area (Å²) in [6.45, 7) is 1.81. The average molecular weight is 331 g/mol. The molecule has 0 aliphatic heterocycles. The number of hydrogen-bond acceptors (Lipinski definition) is 5. The summed E-state index contributed by atoms with van der Waals surface area (Å²) < 4.78 is 0. The highest BCUT2D eigenvalue weighted by Gasteiger charge is 2.08. The second kappa shape index (κ2) is 8.28.